The Morgan fingerprint density at radius 1 is 1.23 bits per heavy atom. The van der Waals surface area contributed by atoms with Crippen molar-refractivity contribution in [1.82, 2.24) is 5.32 Å². The van der Waals surface area contributed by atoms with Crippen molar-refractivity contribution in [3.63, 3.8) is 0 Å². The summed E-state index contributed by atoms with van der Waals surface area (Å²) < 4.78 is 26.5. The van der Waals surface area contributed by atoms with Crippen LogP contribution in [0.4, 0.5) is 8.78 Å². The van der Waals surface area contributed by atoms with Crippen molar-refractivity contribution >= 4 is 17.7 Å². The Kier molecular flexibility index (Phi) is 5.55. The number of nitrogens with one attached hydrogen (secondary N) is 1. The first-order valence-electron chi connectivity index (χ1n) is 6.90. The second-order valence-corrected chi connectivity index (χ2v) is 6.03. The second-order valence-electron chi connectivity index (χ2n) is 5.01. The minimum absolute atomic E-state index is 0.190. The van der Waals surface area contributed by atoms with E-state index in [1.807, 2.05) is 31.2 Å². The number of carbonyl (C=O) groups excluding carboxylic acids is 1. The van der Waals surface area contributed by atoms with E-state index in [9.17, 15) is 13.6 Å². The Morgan fingerprint density at radius 3 is 2.64 bits per heavy atom. The van der Waals surface area contributed by atoms with Crippen LogP contribution in [0.1, 0.15) is 24.1 Å². The number of aryl methyl sites for hydroxylation is 1. The van der Waals surface area contributed by atoms with Gasteiger partial charge in [-0.05, 0) is 31.5 Å². The molecule has 0 fully saturated rings. The molecule has 22 heavy (non-hydrogen) atoms. The Hall–Kier alpha value is -1.88. The van der Waals surface area contributed by atoms with Gasteiger partial charge >= 0.3 is 0 Å². The SMILES string of the molecule is Cc1ccccc1SCC(=O)N[C@@H](C)c1ccc(F)cc1F. The monoisotopic (exact) mass is 321 g/mol. The second kappa shape index (κ2) is 7.40. The highest BCUT2D eigenvalue weighted by atomic mass is 32.2. The van der Waals surface area contributed by atoms with Gasteiger partial charge in [0.1, 0.15) is 11.6 Å². The molecule has 2 aromatic carbocycles. The molecule has 0 radical (unpaired) electrons. The summed E-state index contributed by atoms with van der Waals surface area (Å²) in [6.07, 6.45) is 0. The number of hydrogen-bond donors (Lipinski definition) is 1. The Bertz CT molecular complexity index is 675. The van der Waals surface area contributed by atoms with Gasteiger partial charge in [0.2, 0.25) is 5.91 Å². The predicted octanol–water partition coefficient (Wildman–Crippen LogP) is 4.24. The average molecular weight is 321 g/mol. The van der Waals surface area contributed by atoms with E-state index in [0.29, 0.717) is 0 Å². The lowest BCUT2D eigenvalue weighted by atomic mass is 10.1. The molecule has 0 saturated heterocycles. The van der Waals surface area contributed by atoms with Gasteiger partial charge < -0.3 is 5.32 Å². The highest BCUT2D eigenvalue weighted by Gasteiger charge is 2.14. The van der Waals surface area contributed by atoms with Crippen molar-refractivity contribution < 1.29 is 13.6 Å². The van der Waals surface area contributed by atoms with Crippen molar-refractivity contribution in [3.05, 3.63) is 65.2 Å². The summed E-state index contributed by atoms with van der Waals surface area (Å²) in [5, 5.41) is 2.72. The lowest BCUT2D eigenvalue weighted by Crippen LogP contribution is -2.28. The summed E-state index contributed by atoms with van der Waals surface area (Å²) >= 11 is 1.43. The molecule has 116 valence electrons. The smallest absolute Gasteiger partial charge is 0.230 e. The molecule has 0 spiro atoms. The maximum absolute atomic E-state index is 13.7. The Labute approximate surface area is 132 Å². The normalized spacial score (nSPS) is 12.0. The fraction of sp³-hybridized carbons (Fsp3) is 0.235. The molecular weight excluding hydrogens is 304 g/mol. The third-order valence-electron chi connectivity index (χ3n) is 3.26. The minimum Gasteiger partial charge on any atom is -0.349 e. The molecule has 0 unspecified atom stereocenters. The molecular formula is C17H17F2NOS. The Morgan fingerprint density at radius 2 is 1.95 bits per heavy atom. The van der Waals surface area contributed by atoms with Crippen LogP contribution in [0.5, 0.6) is 0 Å². The van der Waals surface area contributed by atoms with E-state index in [1.54, 1.807) is 6.92 Å². The quantitative estimate of drug-likeness (QED) is 0.835. The van der Waals surface area contributed by atoms with Crippen LogP contribution < -0.4 is 5.32 Å². The molecule has 2 nitrogen and oxygen atoms in total. The van der Waals surface area contributed by atoms with Crippen LogP contribution in [0.15, 0.2) is 47.4 Å². The molecule has 0 aliphatic rings. The van der Waals surface area contributed by atoms with Gasteiger partial charge in [0.25, 0.3) is 0 Å². The zero-order chi connectivity index (χ0) is 16.1. The molecule has 1 N–H and O–H groups in total. The van der Waals surface area contributed by atoms with Crippen LogP contribution in [0.2, 0.25) is 0 Å². The largest absolute Gasteiger partial charge is 0.349 e. The van der Waals surface area contributed by atoms with E-state index in [1.165, 1.54) is 23.9 Å². The molecule has 5 heteroatoms. The molecule has 2 rings (SSSR count). The lowest BCUT2D eigenvalue weighted by molar-refractivity contribution is -0.119. The fourth-order valence-corrected chi connectivity index (χ4v) is 2.92. The van der Waals surface area contributed by atoms with E-state index in [2.05, 4.69) is 5.32 Å². The van der Waals surface area contributed by atoms with Crippen LogP contribution in [-0.2, 0) is 4.79 Å². The number of thioether (sulfide) groups is 1. The zero-order valence-electron chi connectivity index (χ0n) is 12.4. The number of halogens is 2. The van der Waals surface area contributed by atoms with E-state index in [4.69, 9.17) is 0 Å². The molecule has 1 atom stereocenters. The third-order valence-corrected chi connectivity index (χ3v) is 4.43. The fourth-order valence-electron chi connectivity index (χ4n) is 2.08. The van der Waals surface area contributed by atoms with Gasteiger partial charge in [0.15, 0.2) is 0 Å². The summed E-state index contributed by atoms with van der Waals surface area (Å²) in [5.41, 5.74) is 1.38. The van der Waals surface area contributed by atoms with Gasteiger partial charge in [-0.2, -0.15) is 0 Å². The van der Waals surface area contributed by atoms with Crippen molar-refractivity contribution in [1.29, 1.82) is 0 Å². The number of carbonyl (C=O) groups is 1. The van der Waals surface area contributed by atoms with Crippen molar-refractivity contribution in [3.8, 4) is 0 Å². The third kappa shape index (κ3) is 4.31. The van der Waals surface area contributed by atoms with E-state index in [0.717, 1.165) is 16.5 Å². The molecule has 0 heterocycles. The first-order valence-corrected chi connectivity index (χ1v) is 7.88. The standard InChI is InChI=1S/C17H17F2NOS/c1-11-5-3-4-6-16(11)22-10-17(21)20-12(2)14-8-7-13(18)9-15(14)19/h3-9,12H,10H2,1-2H3,(H,20,21)/t12-/m0/s1. The maximum atomic E-state index is 13.7. The summed E-state index contributed by atoms with van der Waals surface area (Å²) in [5.74, 6) is -1.23. The van der Waals surface area contributed by atoms with Crippen molar-refractivity contribution in [2.24, 2.45) is 0 Å². The topological polar surface area (TPSA) is 29.1 Å². The Balaban J connectivity index is 1.93. The minimum atomic E-state index is -0.653. The van der Waals surface area contributed by atoms with Gasteiger partial charge in [-0.25, -0.2) is 8.78 Å². The number of amides is 1. The van der Waals surface area contributed by atoms with Gasteiger partial charge in [0, 0.05) is 16.5 Å². The zero-order valence-corrected chi connectivity index (χ0v) is 13.2. The lowest BCUT2D eigenvalue weighted by Gasteiger charge is -2.15. The molecule has 0 aliphatic heterocycles. The van der Waals surface area contributed by atoms with Crippen LogP contribution in [0.3, 0.4) is 0 Å². The molecule has 0 bridgehead atoms. The maximum Gasteiger partial charge on any atom is 0.230 e. The molecule has 1 amide bonds. The highest BCUT2D eigenvalue weighted by Crippen LogP contribution is 2.22. The first-order chi connectivity index (χ1) is 10.5. The summed E-state index contributed by atoms with van der Waals surface area (Å²) in [6, 6.07) is 10.6. The summed E-state index contributed by atoms with van der Waals surface area (Å²) in [6.45, 7) is 3.66. The van der Waals surface area contributed by atoms with Crippen LogP contribution in [0.25, 0.3) is 0 Å². The number of hydrogen-bond acceptors (Lipinski definition) is 2. The summed E-state index contributed by atoms with van der Waals surface area (Å²) in [7, 11) is 0. The van der Waals surface area contributed by atoms with Crippen molar-refractivity contribution in [2.45, 2.75) is 24.8 Å². The number of rotatable bonds is 5. The molecule has 0 saturated carbocycles. The van der Waals surface area contributed by atoms with Gasteiger partial charge in [0.05, 0.1) is 11.8 Å². The van der Waals surface area contributed by atoms with E-state index in [-0.39, 0.29) is 17.2 Å². The van der Waals surface area contributed by atoms with Crippen LogP contribution in [-0.4, -0.2) is 11.7 Å². The molecule has 0 aromatic heterocycles. The van der Waals surface area contributed by atoms with Gasteiger partial charge in [-0.15, -0.1) is 11.8 Å². The van der Waals surface area contributed by atoms with Gasteiger partial charge in [-0.3, -0.25) is 4.79 Å². The van der Waals surface area contributed by atoms with Crippen molar-refractivity contribution in [2.75, 3.05) is 5.75 Å². The molecule has 2 aromatic rings. The van der Waals surface area contributed by atoms with Gasteiger partial charge in [-0.1, -0.05) is 24.3 Å². The highest BCUT2D eigenvalue weighted by molar-refractivity contribution is 8.00. The average Bonchev–Trinajstić information content (AvgIpc) is 2.46. The predicted molar refractivity (Wildman–Crippen MR) is 84.8 cm³/mol. The van der Waals surface area contributed by atoms with Crippen LogP contribution in [0, 0.1) is 18.6 Å². The van der Waals surface area contributed by atoms with E-state index < -0.39 is 17.7 Å². The first kappa shape index (κ1) is 16.5. The van der Waals surface area contributed by atoms with E-state index >= 15 is 0 Å². The summed E-state index contributed by atoms with van der Waals surface area (Å²) in [4.78, 5) is 13.0. The number of benzene rings is 2. The molecule has 0 aliphatic carbocycles. The van der Waals surface area contributed by atoms with Crippen LogP contribution >= 0.6 is 11.8 Å².